The van der Waals surface area contributed by atoms with E-state index in [-0.39, 0.29) is 35.5 Å². The third-order valence-electron chi connectivity index (χ3n) is 5.93. The molecule has 3 rings (SSSR count). The second kappa shape index (κ2) is 11.2. The lowest BCUT2D eigenvalue weighted by Crippen LogP contribution is -2.53. The van der Waals surface area contributed by atoms with Crippen molar-refractivity contribution in [2.45, 2.75) is 58.9 Å². The third-order valence-corrected chi connectivity index (χ3v) is 5.93. The Bertz CT molecular complexity index is 1180. The molecule has 0 saturated carbocycles. The summed E-state index contributed by atoms with van der Waals surface area (Å²) in [4.78, 5) is 53.4. The molecule has 3 amide bonds. The van der Waals surface area contributed by atoms with E-state index in [1.807, 2.05) is 45.9 Å². The number of rotatable bonds is 4. The number of hydrogen-bond donors (Lipinski definition) is 3. The summed E-state index contributed by atoms with van der Waals surface area (Å²) < 4.78 is 10.2. The number of anilines is 1. The quantitative estimate of drug-likeness (QED) is 0.436. The summed E-state index contributed by atoms with van der Waals surface area (Å²) in [7, 11) is 1.23. The highest BCUT2D eigenvalue weighted by atomic mass is 16.5. The summed E-state index contributed by atoms with van der Waals surface area (Å²) in [5.74, 6) is -1.67. The molecular weight excluding hydrogens is 464 g/mol. The van der Waals surface area contributed by atoms with Gasteiger partial charge in [0.05, 0.1) is 7.11 Å². The van der Waals surface area contributed by atoms with Crippen LogP contribution in [0.1, 0.15) is 74.0 Å². The first-order valence-corrected chi connectivity index (χ1v) is 11.7. The molecule has 2 unspecified atom stereocenters. The lowest BCUT2D eigenvalue weighted by atomic mass is 9.85. The van der Waals surface area contributed by atoms with Crippen LogP contribution in [0.15, 0.2) is 35.0 Å². The molecule has 0 radical (unpaired) electrons. The van der Waals surface area contributed by atoms with Crippen molar-refractivity contribution < 1.29 is 28.3 Å². The number of allylic oxidation sites excluding steroid dienone is 1. The van der Waals surface area contributed by atoms with Crippen LogP contribution in [0.2, 0.25) is 0 Å². The van der Waals surface area contributed by atoms with E-state index in [4.69, 9.17) is 9.15 Å². The third kappa shape index (κ3) is 6.38. The molecule has 2 bridgehead atoms. The number of ether oxygens (including phenoxy) is 1. The Morgan fingerprint density at radius 3 is 2.67 bits per heavy atom. The van der Waals surface area contributed by atoms with Crippen LogP contribution in [0, 0.1) is 5.41 Å². The van der Waals surface area contributed by atoms with E-state index < -0.39 is 23.3 Å². The van der Waals surface area contributed by atoms with Crippen molar-refractivity contribution >= 4 is 35.6 Å². The molecule has 192 valence electrons. The maximum atomic E-state index is 13.4. The van der Waals surface area contributed by atoms with Gasteiger partial charge < -0.3 is 25.1 Å². The van der Waals surface area contributed by atoms with Crippen molar-refractivity contribution in [3.63, 3.8) is 0 Å². The molecule has 1 aliphatic rings. The number of nitrogens with one attached hydrogen (secondary N) is 3. The first-order chi connectivity index (χ1) is 17.0. The fraction of sp³-hybridized carbons (Fsp3) is 0.423. The van der Waals surface area contributed by atoms with Gasteiger partial charge in [0.15, 0.2) is 5.69 Å². The largest absolute Gasteiger partial charge is 0.464 e. The van der Waals surface area contributed by atoms with E-state index in [0.29, 0.717) is 24.9 Å². The fourth-order valence-corrected chi connectivity index (χ4v) is 4.01. The van der Waals surface area contributed by atoms with Crippen molar-refractivity contribution in [1.29, 1.82) is 0 Å². The monoisotopic (exact) mass is 496 g/mol. The molecule has 0 fully saturated rings. The lowest BCUT2D eigenvalue weighted by molar-refractivity contribution is -0.130. The average Bonchev–Trinajstić information content (AvgIpc) is 3.31. The van der Waals surface area contributed by atoms with Crippen LogP contribution >= 0.6 is 0 Å². The van der Waals surface area contributed by atoms with Gasteiger partial charge in [0.1, 0.15) is 18.0 Å². The van der Waals surface area contributed by atoms with Crippen molar-refractivity contribution in [2.24, 2.45) is 5.41 Å². The number of aromatic nitrogens is 1. The maximum Gasteiger partial charge on any atom is 0.360 e. The molecule has 2 atom stereocenters. The molecule has 36 heavy (non-hydrogen) atoms. The van der Waals surface area contributed by atoms with Gasteiger partial charge in [-0.3, -0.25) is 14.4 Å². The molecule has 3 N–H and O–H groups in total. The minimum absolute atomic E-state index is 0.00253. The van der Waals surface area contributed by atoms with Crippen LogP contribution in [0.3, 0.4) is 0 Å². The molecule has 10 nitrogen and oxygen atoms in total. The van der Waals surface area contributed by atoms with Gasteiger partial charge in [-0.2, -0.15) is 0 Å². The van der Waals surface area contributed by atoms with Gasteiger partial charge in [0, 0.05) is 18.0 Å². The van der Waals surface area contributed by atoms with Crippen LogP contribution in [0.4, 0.5) is 5.69 Å². The Morgan fingerprint density at radius 1 is 1.25 bits per heavy atom. The molecule has 0 spiro atoms. The molecule has 1 aromatic heterocycles. The number of benzene rings is 1. The predicted octanol–water partition coefficient (Wildman–Crippen LogP) is 3.16. The zero-order valence-electron chi connectivity index (χ0n) is 21.1. The number of methoxy groups -OCH3 is 1. The minimum atomic E-state index is -0.841. The highest BCUT2D eigenvalue weighted by Gasteiger charge is 2.34. The standard InChI is InChI=1S/C26H32N4O6/c1-15-11-19(24-29-20(13-36-24)25(34)35-5)28-23(33)22(26(2,3)4)30-21(32)8-6-7-16-9-10-18(27-14-31)17(15)12-16/h9-15,22H,6-8H2,1-5H3,(H,27,31)(H,28,33)(H,30,32). The minimum Gasteiger partial charge on any atom is -0.464 e. The van der Waals surface area contributed by atoms with Crippen molar-refractivity contribution in [3.05, 3.63) is 53.2 Å². The molecule has 0 saturated heterocycles. The Morgan fingerprint density at radius 2 is 2.00 bits per heavy atom. The number of fused-ring (bicyclic) bond motifs is 2. The lowest BCUT2D eigenvalue weighted by Gasteiger charge is -2.30. The Hall–Kier alpha value is -3.95. The van der Waals surface area contributed by atoms with E-state index in [2.05, 4.69) is 20.9 Å². The summed E-state index contributed by atoms with van der Waals surface area (Å²) in [5.41, 5.74) is 2.00. The van der Waals surface area contributed by atoms with Crippen LogP contribution in [0.25, 0.3) is 5.70 Å². The number of aryl methyl sites for hydroxylation is 1. The maximum absolute atomic E-state index is 13.4. The van der Waals surface area contributed by atoms with Crippen LogP contribution < -0.4 is 16.0 Å². The van der Waals surface area contributed by atoms with Gasteiger partial charge >= 0.3 is 5.97 Å². The summed E-state index contributed by atoms with van der Waals surface area (Å²) in [6, 6.07) is 4.84. The van der Waals surface area contributed by atoms with Gasteiger partial charge in [0.2, 0.25) is 24.1 Å². The van der Waals surface area contributed by atoms with Crippen molar-refractivity contribution in [3.8, 4) is 0 Å². The summed E-state index contributed by atoms with van der Waals surface area (Å²) >= 11 is 0. The number of oxazole rings is 1. The van der Waals surface area contributed by atoms with Crippen LogP contribution in [-0.4, -0.2) is 42.3 Å². The topological polar surface area (TPSA) is 140 Å². The predicted molar refractivity (Wildman–Crippen MR) is 133 cm³/mol. The van der Waals surface area contributed by atoms with Gasteiger partial charge in [-0.15, -0.1) is 0 Å². The molecule has 2 aromatic rings. The molecular formula is C26H32N4O6. The average molecular weight is 497 g/mol. The summed E-state index contributed by atoms with van der Waals surface area (Å²) in [6.45, 7) is 7.47. The van der Waals surface area contributed by atoms with Gasteiger partial charge in [-0.05, 0) is 41.5 Å². The van der Waals surface area contributed by atoms with Crippen molar-refractivity contribution in [1.82, 2.24) is 15.6 Å². The first-order valence-electron chi connectivity index (χ1n) is 11.7. The van der Waals surface area contributed by atoms with Crippen molar-refractivity contribution in [2.75, 3.05) is 12.4 Å². The van der Waals surface area contributed by atoms with Gasteiger partial charge in [-0.25, -0.2) is 9.78 Å². The van der Waals surface area contributed by atoms with E-state index in [9.17, 15) is 19.2 Å². The highest BCUT2D eigenvalue weighted by molar-refractivity contribution is 5.94. The van der Waals surface area contributed by atoms with Gasteiger partial charge in [0.25, 0.3) is 0 Å². The molecule has 0 aliphatic carbocycles. The van der Waals surface area contributed by atoms with E-state index in [0.717, 1.165) is 17.4 Å². The van der Waals surface area contributed by atoms with E-state index >= 15 is 0 Å². The Kier molecular flexibility index (Phi) is 8.29. The number of esters is 1. The van der Waals surface area contributed by atoms with Crippen LogP contribution in [-0.2, 0) is 25.5 Å². The van der Waals surface area contributed by atoms with E-state index in [1.54, 1.807) is 6.08 Å². The van der Waals surface area contributed by atoms with Crippen LogP contribution in [0.5, 0.6) is 0 Å². The zero-order chi connectivity index (χ0) is 26.5. The number of hydrogen-bond acceptors (Lipinski definition) is 7. The second-order valence-electron chi connectivity index (χ2n) is 9.79. The summed E-state index contributed by atoms with van der Waals surface area (Å²) in [5, 5.41) is 8.41. The summed E-state index contributed by atoms with van der Waals surface area (Å²) in [6.07, 6.45) is 4.99. The molecule has 1 aliphatic heterocycles. The smallest absolute Gasteiger partial charge is 0.360 e. The van der Waals surface area contributed by atoms with Gasteiger partial charge in [-0.1, -0.05) is 39.8 Å². The number of carbonyl (C=O) groups excluding carboxylic acids is 4. The number of carbonyl (C=O) groups is 4. The second-order valence-corrected chi connectivity index (χ2v) is 9.79. The molecule has 2 heterocycles. The zero-order valence-corrected chi connectivity index (χ0v) is 21.1. The van der Waals surface area contributed by atoms with E-state index in [1.165, 1.54) is 7.11 Å². The number of nitrogens with zero attached hydrogens (tertiary/aromatic N) is 1. The molecule has 1 aromatic carbocycles. The number of amides is 3. The molecule has 10 heteroatoms. The Balaban J connectivity index is 2.14. The highest BCUT2D eigenvalue weighted by Crippen LogP contribution is 2.30. The fourth-order valence-electron chi connectivity index (χ4n) is 4.01. The SMILES string of the molecule is COC(=O)c1coc(C2=CC(C)c3cc(ccc3NC=O)CCCC(=O)NC(C(C)(C)C)C(=O)N2)n1. The first kappa shape index (κ1) is 26.7. The Labute approximate surface area is 209 Å². The normalized spacial score (nSPS) is 19.3.